The third-order valence-electron chi connectivity index (χ3n) is 1.26. The number of ether oxygens (including phenoxy) is 2. The fourth-order valence-corrected chi connectivity index (χ4v) is 1.62. The molecule has 0 aromatic rings. The minimum Gasteiger partial charge on any atom is -0.360 e. The predicted octanol–water partition coefficient (Wildman–Crippen LogP) is 0.352. The van der Waals surface area contributed by atoms with E-state index in [1.807, 2.05) is 0 Å². The third-order valence-corrected chi connectivity index (χ3v) is 2.70. The second-order valence-electron chi connectivity index (χ2n) is 2.17. The first-order valence-electron chi connectivity index (χ1n) is 3.61. The van der Waals surface area contributed by atoms with Crippen molar-refractivity contribution >= 4 is 9.52 Å². The van der Waals surface area contributed by atoms with Crippen molar-refractivity contribution < 1.29 is 14.4 Å². The number of hydrogen-bond donors (Lipinski definition) is 0. The van der Waals surface area contributed by atoms with E-state index >= 15 is 0 Å². The number of nitrogens with zero attached hydrogens (tertiary/aromatic N) is 1. The van der Waals surface area contributed by atoms with Crippen LogP contribution >= 0.6 is 0 Å². The molecule has 2 radical (unpaired) electrons. The zero-order valence-electron chi connectivity index (χ0n) is 7.28. The lowest BCUT2D eigenvalue weighted by Gasteiger charge is -2.10. The summed E-state index contributed by atoms with van der Waals surface area (Å²) in [6, 6.07) is 0.785. The van der Waals surface area contributed by atoms with Gasteiger partial charge in [0.2, 0.25) is 6.54 Å². The Balaban J connectivity index is 3.23. The molecule has 0 aliphatic carbocycles. The van der Waals surface area contributed by atoms with Gasteiger partial charge < -0.3 is 9.47 Å². The molecule has 0 N–H and O–H groups in total. The second-order valence-corrected chi connectivity index (χ2v) is 3.55. The molecular formula is C6H13NO4Si. The lowest BCUT2D eigenvalue weighted by Crippen LogP contribution is -2.21. The molecule has 0 heterocycles. The maximum atomic E-state index is 9.93. The third kappa shape index (κ3) is 6.26. The Morgan fingerprint density at radius 3 is 2.50 bits per heavy atom. The Kier molecular flexibility index (Phi) is 6.92. The molecule has 0 aliphatic heterocycles. The van der Waals surface area contributed by atoms with Crippen LogP contribution in [-0.2, 0) is 9.47 Å². The summed E-state index contributed by atoms with van der Waals surface area (Å²) in [5, 5.41) is 9.93. The first-order valence-corrected chi connectivity index (χ1v) is 4.90. The van der Waals surface area contributed by atoms with Crippen molar-refractivity contribution in [2.24, 2.45) is 0 Å². The van der Waals surface area contributed by atoms with Gasteiger partial charge in [-0.2, -0.15) is 0 Å². The molecule has 0 saturated carbocycles. The monoisotopic (exact) mass is 191 g/mol. The van der Waals surface area contributed by atoms with Gasteiger partial charge in [0.1, 0.15) is 15.4 Å². The van der Waals surface area contributed by atoms with Gasteiger partial charge >= 0.3 is 0 Å². The van der Waals surface area contributed by atoms with E-state index in [4.69, 9.17) is 9.47 Å². The lowest BCUT2D eigenvalue weighted by atomic mass is 10.5. The normalized spacial score (nSPS) is 10.6. The maximum Gasteiger partial charge on any atom is 0.203 e. The summed E-state index contributed by atoms with van der Waals surface area (Å²) < 4.78 is 9.85. The SMILES string of the molecule is COC(OC)[Si]CCC[N+](=O)[O-]. The zero-order chi connectivity index (χ0) is 9.40. The van der Waals surface area contributed by atoms with Gasteiger partial charge in [-0.25, -0.2) is 0 Å². The van der Waals surface area contributed by atoms with Gasteiger partial charge in [-0.3, -0.25) is 10.1 Å². The largest absolute Gasteiger partial charge is 0.360 e. The Labute approximate surface area is 74.0 Å². The molecule has 0 saturated heterocycles. The smallest absolute Gasteiger partial charge is 0.203 e. The van der Waals surface area contributed by atoms with Crippen molar-refractivity contribution in [3.8, 4) is 0 Å². The highest BCUT2D eigenvalue weighted by atomic mass is 28.2. The van der Waals surface area contributed by atoms with Crippen LogP contribution in [0.2, 0.25) is 6.04 Å². The van der Waals surface area contributed by atoms with Crippen LogP contribution in [0.5, 0.6) is 0 Å². The van der Waals surface area contributed by atoms with E-state index in [2.05, 4.69) is 0 Å². The second kappa shape index (κ2) is 7.20. The fraction of sp³-hybridized carbons (Fsp3) is 1.00. The molecule has 5 nitrogen and oxygen atoms in total. The number of hydrogen-bond acceptors (Lipinski definition) is 4. The summed E-state index contributed by atoms with van der Waals surface area (Å²) >= 11 is 0. The van der Waals surface area contributed by atoms with Crippen LogP contribution in [0.15, 0.2) is 0 Å². The summed E-state index contributed by atoms with van der Waals surface area (Å²) in [6.07, 6.45) is 0.592. The minimum atomic E-state index is -0.306. The Hall–Kier alpha value is -0.463. The molecule has 0 bridgehead atoms. The van der Waals surface area contributed by atoms with Gasteiger partial charge in [-0.05, 0) is 0 Å². The van der Waals surface area contributed by atoms with Crippen LogP contribution < -0.4 is 0 Å². The Morgan fingerprint density at radius 1 is 1.50 bits per heavy atom. The summed E-state index contributed by atoms with van der Waals surface area (Å²) in [5.74, 6) is -0.197. The fourth-order valence-electron chi connectivity index (χ4n) is 0.691. The molecule has 0 fully saturated rings. The van der Waals surface area contributed by atoms with Crippen LogP contribution in [-0.4, -0.2) is 41.1 Å². The van der Waals surface area contributed by atoms with E-state index in [1.54, 1.807) is 14.2 Å². The van der Waals surface area contributed by atoms with Crippen molar-refractivity contribution in [1.82, 2.24) is 0 Å². The first kappa shape index (κ1) is 11.5. The summed E-state index contributed by atoms with van der Waals surface area (Å²) in [7, 11) is 3.60. The quantitative estimate of drug-likeness (QED) is 0.191. The molecule has 0 aromatic carbocycles. The van der Waals surface area contributed by atoms with Gasteiger partial charge in [0, 0.05) is 25.6 Å². The number of nitro groups is 1. The van der Waals surface area contributed by atoms with Crippen LogP contribution in [0, 0.1) is 10.1 Å². The Morgan fingerprint density at radius 2 is 2.08 bits per heavy atom. The average Bonchev–Trinajstić information content (AvgIpc) is 2.04. The van der Waals surface area contributed by atoms with Gasteiger partial charge in [0.05, 0.1) is 0 Å². The van der Waals surface area contributed by atoms with E-state index in [1.165, 1.54) is 0 Å². The maximum absolute atomic E-state index is 9.93. The molecule has 70 valence electrons. The highest BCUT2D eigenvalue weighted by Gasteiger charge is 2.06. The van der Waals surface area contributed by atoms with E-state index in [0.717, 1.165) is 6.04 Å². The molecule has 0 rings (SSSR count). The van der Waals surface area contributed by atoms with Gasteiger partial charge in [-0.15, -0.1) is 0 Å². The molecule has 0 aromatic heterocycles. The molecule has 0 spiro atoms. The minimum absolute atomic E-state index is 0.0349. The van der Waals surface area contributed by atoms with Gasteiger partial charge in [-0.1, -0.05) is 6.04 Å². The molecule has 0 aliphatic rings. The molecular weight excluding hydrogens is 178 g/mol. The van der Waals surface area contributed by atoms with Crippen LogP contribution in [0.3, 0.4) is 0 Å². The molecule has 6 heteroatoms. The van der Waals surface area contributed by atoms with Gasteiger partial charge in [0.15, 0.2) is 0 Å². The number of methoxy groups -OCH3 is 2. The van der Waals surface area contributed by atoms with Crippen molar-refractivity contribution in [3.05, 3.63) is 10.1 Å². The summed E-state index contributed by atoms with van der Waals surface area (Å²) in [6.45, 7) is 0.0349. The summed E-state index contributed by atoms with van der Waals surface area (Å²) in [5.41, 5.74) is 0. The zero-order valence-corrected chi connectivity index (χ0v) is 8.28. The van der Waals surface area contributed by atoms with Crippen LogP contribution in [0.4, 0.5) is 0 Å². The van der Waals surface area contributed by atoms with Crippen LogP contribution in [0.25, 0.3) is 0 Å². The van der Waals surface area contributed by atoms with Crippen LogP contribution in [0.1, 0.15) is 6.42 Å². The first-order chi connectivity index (χ1) is 5.70. The van der Waals surface area contributed by atoms with Crippen molar-refractivity contribution in [3.63, 3.8) is 0 Å². The van der Waals surface area contributed by atoms with Gasteiger partial charge in [0.25, 0.3) is 0 Å². The average molecular weight is 191 g/mol. The highest BCUT2D eigenvalue weighted by molar-refractivity contribution is 6.36. The topological polar surface area (TPSA) is 61.6 Å². The van der Waals surface area contributed by atoms with Crippen molar-refractivity contribution in [1.29, 1.82) is 0 Å². The molecule has 12 heavy (non-hydrogen) atoms. The molecule has 0 atom stereocenters. The van der Waals surface area contributed by atoms with E-state index in [-0.39, 0.29) is 17.4 Å². The van der Waals surface area contributed by atoms with E-state index in [9.17, 15) is 10.1 Å². The standard InChI is InChI=1S/C6H13NO4Si/c1-10-6(11-2)12-5-3-4-7(8)9/h6H,3-5H2,1-2H3. The molecule has 0 amide bonds. The van der Waals surface area contributed by atoms with Crippen molar-refractivity contribution in [2.75, 3.05) is 20.8 Å². The number of rotatable bonds is 7. The highest BCUT2D eigenvalue weighted by Crippen LogP contribution is 1.96. The lowest BCUT2D eigenvalue weighted by molar-refractivity contribution is -0.479. The van der Waals surface area contributed by atoms with E-state index in [0.29, 0.717) is 15.9 Å². The summed E-state index contributed by atoms with van der Waals surface area (Å²) in [4.78, 5) is 9.62. The molecule has 0 unspecified atom stereocenters. The van der Waals surface area contributed by atoms with Crippen molar-refractivity contribution in [2.45, 2.75) is 18.4 Å². The predicted molar refractivity (Wildman–Crippen MR) is 44.8 cm³/mol. The van der Waals surface area contributed by atoms with E-state index < -0.39 is 0 Å². The Bertz CT molecular complexity index is 129.